The Morgan fingerprint density at radius 1 is 1.25 bits per heavy atom. The Morgan fingerprint density at radius 3 is 2.75 bits per heavy atom. The third-order valence-electron chi connectivity index (χ3n) is 4.24. The molecule has 1 fully saturated rings. The van der Waals surface area contributed by atoms with Gasteiger partial charge in [0.15, 0.2) is 0 Å². The normalized spacial score (nSPS) is 22.9. The Balaban J connectivity index is 1.85. The molecule has 2 aromatic rings. The monoisotopic (exact) mass is 333 g/mol. The molecule has 0 saturated heterocycles. The zero-order chi connectivity index (χ0) is 14.1. The molecule has 106 valence electrons. The Hall–Kier alpha value is -1.13. The number of halogens is 1. The summed E-state index contributed by atoms with van der Waals surface area (Å²) >= 11 is 3.54. The molecule has 1 saturated carbocycles. The number of rotatable bonds is 2. The van der Waals surface area contributed by atoms with E-state index in [1.54, 1.807) is 0 Å². The summed E-state index contributed by atoms with van der Waals surface area (Å²) in [6.07, 6.45) is 6.46. The summed E-state index contributed by atoms with van der Waals surface area (Å²) in [5, 5.41) is 0. The number of aromatic amines is 1. The zero-order valence-corrected chi connectivity index (χ0v) is 13.3. The number of imidazole rings is 1. The van der Waals surface area contributed by atoms with Gasteiger partial charge in [-0.05, 0) is 50.3 Å². The quantitative estimate of drug-likeness (QED) is 0.867. The van der Waals surface area contributed by atoms with E-state index in [2.05, 4.69) is 51.0 Å². The Morgan fingerprint density at radius 2 is 2.00 bits per heavy atom. The van der Waals surface area contributed by atoms with Crippen molar-refractivity contribution in [1.82, 2.24) is 9.97 Å². The van der Waals surface area contributed by atoms with Gasteiger partial charge in [-0.15, -0.1) is 0 Å². The summed E-state index contributed by atoms with van der Waals surface area (Å²) < 4.78 is 1.10. The van der Waals surface area contributed by atoms with Crippen molar-refractivity contribution >= 4 is 15.9 Å². The van der Waals surface area contributed by atoms with Gasteiger partial charge in [-0.2, -0.15) is 0 Å². The average molecular weight is 334 g/mol. The van der Waals surface area contributed by atoms with Crippen molar-refractivity contribution in [2.75, 3.05) is 0 Å². The fourth-order valence-corrected chi connectivity index (χ4v) is 3.32. The van der Waals surface area contributed by atoms with Gasteiger partial charge >= 0.3 is 0 Å². The number of nitrogens with one attached hydrogen (secondary N) is 1. The van der Waals surface area contributed by atoms with Crippen LogP contribution in [0.3, 0.4) is 0 Å². The van der Waals surface area contributed by atoms with Crippen molar-refractivity contribution in [3.63, 3.8) is 0 Å². The second kappa shape index (κ2) is 5.70. The van der Waals surface area contributed by atoms with Crippen LogP contribution in [0.4, 0.5) is 0 Å². The van der Waals surface area contributed by atoms with Gasteiger partial charge in [-0.1, -0.05) is 22.0 Å². The van der Waals surface area contributed by atoms with Gasteiger partial charge in [0.25, 0.3) is 0 Å². The van der Waals surface area contributed by atoms with E-state index < -0.39 is 0 Å². The van der Waals surface area contributed by atoms with E-state index >= 15 is 0 Å². The first-order chi connectivity index (χ1) is 9.63. The minimum absolute atomic E-state index is 0.382. The van der Waals surface area contributed by atoms with Crippen molar-refractivity contribution in [3.8, 4) is 11.3 Å². The van der Waals surface area contributed by atoms with E-state index in [9.17, 15) is 0 Å². The highest BCUT2D eigenvalue weighted by Crippen LogP contribution is 2.32. The van der Waals surface area contributed by atoms with E-state index in [1.807, 2.05) is 6.20 Å². The van der Waals surface area contributed by atoms with Gasteiger partial charge in [-0.3, -0.25) is 0 Å². The third kappa shape index (κ3) is 2.81. The average Bonchev–Trinajstić information content (AvgIpc) is 2.92. The molecule has 20 heavy (non-hydrogen) atoms. The van der Waals surface area contributed by atoms with Crippen molar-refractivity contribution in [2.24, 2.45) is 5.73 Å². The third-order valence-corrected chi connectivity index (χ3v) is 4.74. The molecule has 0 spiro atoms. The van der Waals surface area contributed by atoms with Crippen LogP contribution in [0.25, 0.3) is 11.3 Å². The number of nitrogens with zero attached hydrogens (tertiary/aromatic N) is 1. The number of hydrogen-bond acceptors (Lipinski definition) is 2. The number of benzene rings is 1. The molecule has 4 heteroatoms. The van der Waals surface area contributed by atoms with Gasteiger partial charge in [0.2, 0.25) is 0 Å². The molecule has 0 atom stereocenters. The summed E-state index contributed by atoms with van der Waals surface area (Å²) in [5.41, 5.74) is 9.55. The summed E-state index contributed by atoms with van der Waals surface area (Å²) in [6.45, 7) is 2.13. The zero-order valence-electron chi connectivity index (χ0n) is 11.7. The minimum atomic E-state index is 0.382. The lowest BCUT2D eigenvalue weighted by Gasteiger charge is -2.24. The summed E-state index contributed by atoms with van der Waals surface area (Å²) in [7, 11) is 0. The predicted octanol–water partition coefficient (Wildman–Crippen LogP) is 4.13. The number of nitrogens with two attached hydrogens (primary N) is 1. The summed E-state index contributed by atoms with van der Waals surface area (Å²) in [5.74, 6) is 1.65. The topological polar surface area (TPSA) is 54.7 Å². The van der Waals surface area contributed by atoms with Crippen molar-refractivity contribution in [3.05, 3.63) is 40.3 Å². The lowest BCUT2D eigenvalue weighted by molar-refractivity contribution is 0.386. The van der Waals surface area contributed by atoms with Gasteiger partial charge < -0.3 is 10.7 Å². The molecule has 3 nitrogen and oxygen atoms in total. The van der Waals surface area contributed by atoms with Crippen LogP contribution in [0.15, 0.2) is 28.9 Å². The highest BCUT2D eigenvalue weighted by atomic mass is 79.9. The maximum Gasteiger partial charge on any atom is 0.109 e. The van der Waals surface area contributed by atoms with Crippen LogP contribution in [-0.4, -0.2) is 16.0 Å². The molecule has 3 N–H and O–H groups in total. The smallest absolute Gasteiger partial charge is 0.109 e. The van der Waals surface area contributed by atoms with Crippen molar-refractivity contribution in [2.45, 2.75) is 44.6 Å². The lowest BCUT2D eigenvalue weighted by atomic mass is 9.86. The molecule has 0 amide bonds. The Kier molecular flexibility index (Phi) is 3.94. The van der Waals surface area contributed by atoms with Crippen molar-refractivity contribution in [1.29, 1.82) is 0 Å². The summed E-state index contributed by atoms with van der Waals surface area (Å²) in [4.78, 5) is 8.11. The van der Waals surface area contributed by atoms with Crippen LogP contribution in [0, 0.1) is 6.92 Å². The molecule has 0 radical (unpaired) electrons. The van der Waals surface area contributed by atoms with Crippen LogP contribution in [0.1, 0.15) is 43.0 Å². The van der Waals surface area contributed by atoms with Crippen molar-refractivity contribution < 1.29 is 0 Å². The molecule has 0 unspecified atom stereocenters. The second-order valence-electron chi connectivity index (χ2n) is 5.75. The van der Waals surface area contributed by atoms with E-state index in [-0.39, 0.29) is 0 Å². The maximum atomic E-state index is 5.97. The lowest BCUT2D eigenvalue weighted by Crippen LogP contribution is -2.26. The fraction of sp³-hybridized carbons (Fsp3) is 0.438. The summed E-state index contributed by atoms with van der Waals surface area (Å²) in [6, 6.07) is 6.72. The van der Waals surface area contributed by atoms with E-state index in [0.29, 0.717) is 12.0 Å². The molecule has 1 aromatic carbocycles. The molecular weight excluding hydrogens is 314 g/mol. The standard InChI is InChI=1S/C16H20BrN3/c1-10-2-5-12(17)8-14(10)15-9-19-16(20-15)11-3-6-13(18)7-4-11/h2,5,8-9,11,13H,3-4,6-7,18H2,1H3,(H,19,20). The number of aromatic nitrogens is 2. The van der Waals surface area contributed by atoms with E-state index in [4.69, 9.17) is 5.73 Å². The molecule has 1 aliphatic rings. The predicted molar refractivity (Wildman–Crippen MR) is 85.6 cm³/mol. The van der Waals surface area contributed by atoms with Gasteiger partial charge in [0.1, 0.15) is 5.82 Å². The first-order valence-corrected chi connectivity index (χ1v) is 8.00. The maximum absolute atomic E-state index is 5.97. The molecule has 1 heterocycles. The van der Waals surface area contributed by atoms with Crippen LogP contribution in [0.5, 0.6) is 0 Å². The van der Waals surface area contributed by atoms with Gasteiger partial charge in [0, 0.05) is 22.0 Å². The van der Waals surface area contributed by atoms with Crippen LogP contribution >= 0.6 is 15.9 Å². The molecule has 0 aliphatic heterocycles. The highest BCUT2D eigenvalue weighted by Gasteiger charge is 2.22. The molecule has 1 aromatic heterocycles. The number of aryl methyl sites for hydroxylation is 1. The van der Waals surface area contributed by atoms with E-state index in [1.165, 1.54) is 11.1 Å². The number of hydrogen-bond donors (Lipinski definition) is 2. The largest absolute Gasteiger partial charge is 0.342 e. The first kappa shape index (κ1) is 13.8. The minimum Gasteiger partial charge on any atom is -0.342 e. The highest BCUT2D eigenvalue weighted by molar-refractivity contribution is 9.10. The molecule has 1 aliphatic carbocycles. The van der Waals surface area contributed by atoms with Gasteiger partial charge in [-0.25, -0.2) is 4.98 Å². The van der Waals surface area contributed by atoms with Crippen LogP contribution < -0.4 is 5.73 Å². The first-order valence-electron chi connectivity index (χ1n) is 7.20. The fourth-order valence-electron chi connectivity index (χ4n) is 2.96. The molecular formula is C16H20BrN3. The second-order valence-corrected chi connectivity index (χ2v) is 6.67. The molecule has 3 rings (SSSR count). The van der Waals surface area contributed by atoms with Crippen LogP contribution in [0.2, 0.25) is 0 Å². The Bertz CT molecular complexity index is 598. The van der Waals surface area contributed by atoms with Crippen LogP contribution in [-0.2, 0) is 0 Å². The number of H-pyrrole nitrogens is 1. The van der Waals surface area contributed by atoms with Gasteiger partial charge in [0.05, 0.1) is 11.9 Å². The Labute approximate surface area is 128 Å². The molecule has 0 bridgehead atoms. The van der Waals surface area contributed by atoms with E-state index in [0.717, 1.165) is 41.7 Å². The SMILES string of the molecule is Cc1ccc(Br)cc1-c1cnc(C2CCC(N)CC2)[nH]1.